The van der Waals surface area contributed by atoms with Gasteiger partial charge in [-0.3, -0.25) is 4.79 Å². The highest BCUT2D eigenvalue weighted by Crippen LogP contribution is 2.29. The van der Waals surface area contributed by atoms with E-state index in [1.165, 1.54) is 24.5 Å². The first-order chi connectivity index (χ1) is 17.4. The number of hydrogen-bond donors (Lipinski definition) is 1. The van der Waals surface area contributed by atoms with Gasteiger partial charge in [-0.25, -0.2) is 27.2 Å². The van der Waals surface area contributed by atoms with Crippen LogP contribution in [0.1, 0.15) is 12.1 Å². The fourth-order valence-corrected chi connectivity index (χ4v) is 5.42. The summed E-state index contributed by atoms with van der Waals surface area (Å²) in [5, 5.41) is 2.47. The molecular formula is C23H19F5N4O4S. The molecule has 2 aromatic carbocycles. The van der Waals surface area contributed by atoms with Crippen LogP contribution in [0.15, 0.2) is 65.8 Å². The second-order valence-electron chi connectivity index (χ2n) is 8.00. The minimum absolute atomic E-state index is 0.190. The van der Waals surface area contributed by atoms with E-state index in [9.17, 15) is 35.2 Å². The zero-order valence-corrected chi connectivity index (χ0v) is 19.6. The van der Waals surface area contributed by atoms with E-state index in [2.05, 4.69) is 20.0 Å². The summed E-state index contributed by atoms with van der Waals surface area (Å²) >= 11 is 0. The van der Waals surface area contributed by atoms with Gasteiger partial charge in [0.1, 0.15) is 30.1 Å². The quantitative estimate of drug-likeness (QED) is 0.458. The molecule has 14 heteroatoms. The van der Waals surface area contributed by atoms with Crippen LogP contribution in [0.25, 0.3) is 11.3 Å². The van der Waals surface area contributed by atoms with Crippen molar-refractivity contribution >= 4 is 15.9 Å². The van der Waals surface area contributed by atoms with Crippen LogP contribution in [0.4, 0.5) is 22.0 Å². The van der Waals surface area contributed by atoms with Crippen LogP contribution in [0, 0.1) is 5.82 Å². The highest BCUT2D eigenvalue weighted by atomic mass is 32.2. The maximum atomic E-state index is 14.6. The lowest BCUT2D eigenvalue weighted by molar-refractivity contribution is -0.274. The maximum Gasteiger partial charge on any atom is 0.573 e. The average Bonchev–Trinajstić information content (AvgIpc) is 3.25. The van der Waals surface area contributed by atoms with Crippen molar-refractivity contribution < 1.29 is 39.9 Å². The zero-order chi connectivity index (χ0) is 26.8. The fourth-order valence-electron chi connectivity index (χ4n) is 3.80. The lowest BCUT2D eigenvalue weighted by atomic mass is 10.1. The van der Waals surface area contributed by atoms with Gasteiger partial charge in [-0.1, -0.05) is 0 Å². The van der Waals surface area contributed by atoms with Crippen LogP contribution < -0.4 is 10.1 Å². The molecule has 2 heterocycles. The monoisotopic (exact) mass is 542 g/mol. The number of alkyl halides is 4. The number of ether oxygens (including phenoxy) is 1. The molecule has 8 nitrogen and oxygen atoms in total. The van der Waals surface area contributed by atoms with Crippen molar-refractivity contribution in [2.24, 2.45) is 0 Å². The van der Waals surface area contributed by atoms with Gasteiger partial charge in [0, 0.05) is 12.1 Å². The van der Waals surface area contributed by atoms with Crippen molar-refractivity contribution in [2.45, 2.75) is 36.4 Å². The van der Waals surface area contributed by atoms with Crippen LogP contribution in [-0.4, -0.2) is 53.7 Å². The predicted octanol–water partition coefficient (Wildman–Crippen LogP) is 3.60. The van der Waals surface area contributed by atoms with Crippen molar-refractivity contribution in [3.05, 3.63) is 72.4 Å². The van der Waals surface area contributed by atoms with E-state index in [-0.39, 0.29) is 30.1 Å². The van der Waals surface area contributed by atoms with E-state index in [0.29, 0.717) is 11.3 Å². The number of nitrogens with zero attached hydrogens (tertiary/aromatic N) is 3. The van der Waals surface area contributed by atoms with Crippen molar-refractivity contribution in [1.29, 1.82) is 0 Å². The smallest absolute Gasteiger partial charge is 0.406 e. The third kappa shape index (κ3) is 6.20. The Kier molecular flexibility index (Phi) is 7.41. The molecule has 1 saturated heterocycles. The summed E-state index contributed by atoms with van der Waals surface area (Å²) in [7, 11) is -4.26. The number of nitrogens with one attached hydrogen (secondary N) is 1. The number of sulfonamides is 1. The number of carbonyl (C=O) groups is 1. The van der Waals surface area contributed by atoms with Crippen LogP contribution in [0.3, 0.4) is 0 Å². The fraction of sp³-hybridized carbons (Fsp3) is 0.261. The van der Waals surface area contributed by atoms with Crippen LogP contribution in [-0.2, 0) is 21.4 Å². The highest BCUT2D eigenvalue weighted by molar-refractivity contribution is 7.89. The Morgan fingerprint density at radius 1 is 1.08 bits per heavy atom. The van der Waals surface area contributed by atoms with E-state index in [1.54, 1.807) is 0 Å². The largest absolute Gasteiger partial charge is 0.573 e. The van der Waals surface area contributed by atoms with E-state index in [1.807, 2.05) is 0 Å². The van der Waals surface area contributed by atoms with Crippen LogP contribution >= 0.6 is 0 Å². The number of benzene rings is 2. The first kappa shape index (κ1) is 26.4. The number of aromatic nitrogens is 2. The lowest BCUT2D eigenvalue weighted by Gasteiger charge is -2.24. The number of halogens is 5. The SMILES string of the molecule is O=C(NCc1cc(-c2ccc(OC(F)(F)F)cc2)ncn1)C1C(F)CCN1S(=O)(=O)c1ccc(F)cc1. The van der Waals surface area contributed by atoms with Crippen molar-refractivity contribution in [3.63, 3.8) is 0 Å². The molecule has 0 spiro atoms. The summed E-state index contributed by atoms with van der Waals surface area (Å²) in [6.45, 7) is -0.429. The molecule has 0 aliphatic carbocycles. The Hall–Kier alpha value is -3.65. The summed E-state index contributed by atoms with van der Waals surface area (Å²) in [4.78, 5) is 20.6. The molecule has 2 unspecified atom stereocenters. The number of amides is 1. The predicted molar refractivity (Wildman–Crippen MR) is 120 cm³/mol. The molecule has 0 radical (unpaired) electrons. The third-order valence-electron chi connectivity index (χ3n) is 5.52. The van der Waals surface area contributed by atoms with Gasteiger partial charge in [0.15, 0.2) is 0 Å². The molecule has 1 fully saturated rings. The van der Waals surface area contributed by atoms with Gasteiger partial charge in [0.25, 0.3) is 0 Å². The standard InChI is InChI=1S/C23H19F5N4O4S/c24-15-3-7-18(8-4-15)37(34,35)32-10-9-19(25)21(32)22(33)29-12-16-11-20(31-13-30-16)14-1-5-17(6-2-14)36-23(26,27)28/h1-8,11,13,19,21H,9-10,12H2,(H,29,33). The van der Waals surface area contributed by atoms with Gasteiger partial charge in [-0.2, -0.15) is 4.31 Å². The Morgan fingerprint density at radius 3 is 2.41 bits per heavy atom. The van der Waals surface area contributed by atoms with Crippen molar-refractivity contribution in [2.75, 3.05) is 6.54 Å². The molecule has 1 N–H and O–H groups in total. The number of hydrogen-bond acceptors (Lipinski definition) is 6. The first-order valence-corrected chi connectivity index (χ1v) is 12.2. The van der Waals surface area contributed by atoms with Gasteiger partial charge < -0.3 is 10.1 Å². The Morgan fingerprint density at radius 2 is 1.76 bits per heavy atom. The molecule has 2 atom stereocenters. The molecule has 1 amide bonds. The molecule has 1 aliphatic heterocycles. The van der Waals surface area contributed by atoms with E-state index in [4.69, 9.17) is 0 Å². The van der Waals surface area contributed by atoms with Crippen LogP contribution in [0.5, 0.6) is 5.75 Å². The van der Waals surface area contributed by atoms with E-state index in [0.717, 1.165) is 40.7 Å². The van der Waals surface area contributed by atoms with Gasteiger partial charge in [0.05, 0.1) is 22.8 Å². The topological polar surface area (TPSA) is 101 Å². The Labute approximate surface area is 208 Å². The molecule has 37 heavy (non-hydrogen) atoms. The van der Waals surface area contributed by atoms with Crippen molar-refractivity contribution in [1.82, 2.24) is 19.6 Å². The Balaban J connectivity index is 1.45. The van der Waals surface area contributed by atoms with Gasteiger partial charge in [-0.15, -0.1) is 13.2 Å². The van der Waals surface area contributed by atoms with E-state index < -0.39 is 46.1 Å². The molecule has 1 aliphatic rings. The molecule has 1 aromatic heterocycles. The summed E-state index contributed by atoms with van der Waals surface area (Å²) in [6, 6.07) is 8.76. The van der Waals surface area contributed by atoms with Gasteiger partial charge >= 0.3 is 6.36 Å². The normalized spacial score (nSPS) is 18.5. The first-order valence-electron chi connectivity index (χ1n) is 10.8. The van der Waals surface area contributed by atoms with Crippen molar-refractivity contribution in [3.8, 4) is 17.0 Å². The summed E-state index contributed by atoms with van der Waals surface area (Å²) in [5.41, 5.74) is 1.07. The molecular weight excluding hydrogens is 523 g/mol. The third-order valence-corrected chi connectivity index (χ3v) is 7.41. The van der Waals surface area contributed by atoms with Gasteiger partial charge in [-0.05, 0) is 61.0 Å². The molecule has 4 rings (SSSR count). The number of rotatable bonds is 7. The second-order valence-corrected chi connectivity index (χ2v) is 9.89. The van der Waals surface area contributed by atoms with Crippen LogP contribution in [0.2, 0.25) is 0 Å². The second kappa shape index (κ2) is 10.4. The highest BCUT2D eigenvalue weighted by Gasteiger charge is 2.46. The maximum absolute atomic E-state index is 14.6. The van der Waals surface area contributed by atoms with E-state index >= 15 is 0 Å². The molecule has 196 valence electrons. The molecule has 0 saturated carbocycles. The Bertz CT molecular complexity index is 1370. The average molecular weight is 542 g/mol. The zero-order valence-electron chi connectivity index (χ0n) is 18.8. The summed E-state index contributed by atoms with van der Waals surface area (Å²) < 4.78 is 95.3. The minimum atomic E-state index is -4.83. The molecule has 0 bridgehead atoms. The summed E-state index contributed by atoms with van der Waals surface area (Å²) in [5.74, 6) is -1.94. The summed E-state index contributed by atoms with van der Waals surface area (Å²) in [6.07, 6.45) is -5.60. The lowest BCUT2D eigenvalue weighted by Crippen LogP contribution is -2.49. The minimum Gasteiger partial charge on any atom is -0.406 e. The van der Waals surface area contributed by atoms with Gasteiger partial charge in [0.2, 0.25) is 15.9 Å². The number of carbonyl (C=O) groups excluding carboxylic acids is 1. The molecule has 3 aromatic rings.